The number of carboxylic acids is 1. The van der Waals surface area contributed by atoms with E-state index in [0.29, 0.717) is 15.6 Å². The molecule has 0 aliphatic carbocycles. The van der Waals surface area contributed by atoms with E-state index in [1.165, 1.54) is 0 Å². The van der Waals surface area contributed by atoms with Crippen molar-refractivity contribution in [2.75, 3.05) is 0 Å². The highest BCUT2D eigenvalue weighted by Crippen LogP contribution is 2.32. The third kappa shape index (κ3) is 4.06. The molecule has 1 unspecified atom stereocenters. The molecule has 0 radical (unpaired) electrons. The number of rotatable bonds is 6. The zero-order valence-corrected chi connectivity index (χ0v) is 13.0. The van der Waals surface area contributed by atoms with Crippen LogP contribution in [-0.2, 0) is 4.79 Å². The Bertz CT molecular complexity index is 686. The molecule has 0 spiro atoms. The summed E-state index contributed by atoms with van der Waals surface area (Å²) in [6, 6.07) is 11.7. The van der Waals surface area contributed by atoms with Gasteiger partial charge in [-0.05, 0) is 29.7 Å². The average molecular weight is 338 g/mol. The summed E-state index contributed by atoms with van der Waals surface area (Å²) < 4.78 is 0. The van der Waals surface area contributed by atoms with E-state index in [4.69, 9.17) is 28.3 Å². The van der Waals surface area contributed by atoms with Gasteiger partial charge in [-0.2, -0.15) is 4.91 Å². The predicted octanol–water partition coefficient (Wildman–Crippen LogP) is 5.33. The highest BCUT2D eigenvalue weighted by atomic mass is 35.5. The summed E-state index contributed by atoms with van der Waals surface area (Å²) in [5.41, 5.74) is 2.40. The van der Waals surface area contributed by atoms with Gasteiger partial charge in [0, 0.05) is 22.0 Å². The highest BCUT2D eigenvalue weighted by molar-refractivity contribution is 6.36. The van der Waals surface area contributed by atoms with Crippen molar-refractivity contribution in [3.05, 3.63) is 63.0 Å². The first kappa shape index (κ1) is 16.5. The maximum Gasteiger partial charge on any atom is 0.303 e. The van der Waals surface area contributed by atoms with E-state index in [9.17, 15) is 9.70 Å². The van der Waals surface area contributed by atoms with Gasteiger partial charge < -0.3 is 5.11 Å². The molecule has 1 N–H and O–H groups in total. The first-order valence-electron chi connectivity index (χ1n) is 6.61. The molecule has 0 saturated carbocycles. The summed E-state index contributed by atoms with van der Waals surface area (Å²) in [6.45, 7) is 0. The van der Waals surface area contributed by atoms with Crippen LogP contribution < -0.4 is 0 Å². The number of carbonyl (C=O) groups is 1. The van der Waals surface area contributed by atoms with Crippen LogP contribution in [0.2, 0.25) is 10.0 Å². The summed E-state index contributed by atoms with van der Waals surface area (Å²) in [6.07, 6.45) is 0.0844. The maximum absolute atomic E-state index is 10.9. The number of halogens is 2. The normalized spacial score (nSPS) is 11.9. The fraction of sp³-hybridized carbons (Fsp3) is 0.188. The second-order valence-electron chi connectivity index (χ2n) is 4.80. The molecule has 2 aromatic rings. The summed E-state index contributed by atoms with van der Waals surface area (Å²) in [7, 11) is 0. The second kappa shape index (κ2) is 7.38. The van der Waals surface area contributed by atoms with E-state index >= 15 is 0 Å². The standard InChI is InChI=1S/C16H13Cl2NO3/c17-12-5-6-13(14(18)9-12)10-1-3-11(4-2-10)15(19-22)7-8-16(20)21/h1-6,9,15H,7-8H2,(H,20,21). The van der Waals surface area contributed by atoms with Crippen LogP contribution in [0.25, 0.3) is 11.1 Å². The van der Waals surface area contributed by atoms with Crippen LogP contribution in [0.5, 0.6) is 0 Å². The van der Waals surface area contributed by atoms with Crippen LogP contribution in [0.4, 0.5) is 0 Å². The third-order valence-corrected chi connectivity index (χ3v) is 3.84. The van der Waals surface area contributed by atoms with E-state index in [1.807, 2.05) is 18.2 Å². The van der Waals surface area contributed by atoms with Crippen molar-refractivity contribution in [3.8, 4) is 11.1 Å². The van der Waals surface area contributed by atoms with Crippen molar-refractivity contribution in [2.45, 2.75) is 18.9 Å². The largest absolute Gasteiger partial charge is 0.481 e. The minimum absolute atomic E-state index is 0.0961. The summed E-state index contributed by atoms with van der Waals surface area (Å²) in [5, 5.41) is 12.8. The van der Waals surface area contributed by atoms with Crippen LogP contribution in [-0.4, -0.2) is 11.1 Å². The van der Waals surface area contributed by atoms with Gasteiger partial charge in [0.15, 0.2) is 0 Å². The van der Waals surface area contributed by atoms with Crippen LogP contribution in [0.3, 0.4) is 0 Å². The van der Waals surface area contributed by atoms with Crippen molar-refractivity contribution in [1.82, 2.24) is 0 Å². The Balaban J connectivity index is 2.22. The van der Waals surface area contributed by atoms with Gasteiger partial charge in [0.05, 0.1) is 0 Å². The van der Waals surface area contributed by atoms with Crippen LogP contribution in [0.1, 0.15) is 24.4 Å². The fourth-order valence-electron chi connectivity index (χ4n) is 2.15. The molecule has 0 amide bonds. The quantitative estimate of drug-likeness (QED) is 0.724. The molecule has 2 rings (SSSR count). The van der Waals surface area contributed by atoms with Crippen molar-refractivity contribution >= 4 is 29.2 Å². The lowest BCUT2D eigenvalue weighted by Gasteiger charge is -2.10. The first-order chi connectivity index (χ1) is 10.5. The molecule has 6 heteroatoms. The van der Waals surface area contributed by atoms with E-state index in [1.54, 1.807) is 24.3 Å². The van der Waals surface area contributed by atoms with E-state index in [-0.39, 0.29) is 12.8 Å². The Morgan fingerprint density at radius 3 is 2.36 bits per heavy atom. The van der Waals surface area contributed by atoms with Gasteiger partial charge in [0.2, 0.25) is 0 Å². The SMILES string of the molecule is O=NC(CCC(=O)O)c1ccc(-c2ccc(Cl)cc2Cl)cc1. The Kier molecular flexibility index (Phi) is 5.52. The van der Waals surface area contributed by atoms with Gasteiger partial charge >= 0.3 is 5.97 Å². The zero-order valence-electron chi connectivity index (χ0n) is 11.5. The van der Waals surface area contributed by atoms with E-state index < -0.39 is 12.0 Å². The molecule has 0 heterocycles. The van der Waals surface area contributed by atoms with Gasteiger partial charge in [-0.25, -0.2) is 0 Å². The maximum atomic E-state index is 10.9. The van der Waals surface area contributed by atoms with E-state index in [2.05, 4.69) is 5.18 Å². The van der Waals surface area contributed by atoms with Gasteiger partial charge in [0.1, 0.15) is 6.04 Å². The number of carboxylic acid groups (broad SMARTS) is 1. The molecule has 4 nitrogen and oxygen atoms in total. The lowest BCUT2D eigenvalue weighted by molar-refractivity contribution is -0.137. The molecule has 1 atom stereocenters. The van der Waals surface area contributed by atoms with Crippen LogP contribution in [0.15, 0.2) is 47.6 Å². The van der Waals surface area contributed by atoms with Crippen molar-refractivity contribution in [1.29, 1.82) is 0 Å². The van der Waals surface area contributed by atoms with Crippen molar-refractivity contribution in [2.24, 2.45) is 5.18 Å². The third-order valence-electron chi connectivity index (χ3n) is 3.30. The lowest BCUT2D eigenvalue weighted by Crippen LogP contribution is -2.00. The molecule has 0 saturated heterocycles. The number of benzene rings is 2. The summed E-state index contributed by atoms with van der Waals surface area (Å²) in [4.78, 5) is 21.5. The molecule has 2 aromatic carbocycles. The second-order valence-corrected chi connectivity index (χ2v) is 5.64. The molecule has 114 valence electrons. The number of nitrogens with zero attached hydrogens (tertiary/aromatic N) is 1. The number of nitroso groups, excluding NO2 is 1. The number of hydrogen-bond acceptors (Lipinski definition) is 3. The molecule has 0 aliphatic rings. The Hall–Kier alpha value is -1.91. The Labute approximate surface area is 137 Å². The van der Waals surface area contributed by atoms with Gasteiger partial charge in [0.25, 0.3) is 0 Å². The Morgan fingerprint density at radius 1 is 1.14 bits per heavy atom. The predicted molar refractivity (Wildman–Crippen MR) is 87.3 cm³/mol. The zero-order chi connectivity index (χ0) is 16.1. The topological polar surface area (TPSA) is 66.7 Å². The van der Waals surface area contributed by atoms with Gasteiger partial charge in [-0.1, -0.05) is 58.7 Å². The highest BCUT2D eigenvalue weighted by Gasteiger charge is 2.14. The molecule has 0 bridgehead atoms. The average Bonchev–Trinajstić information content (AvgIpc) is 2.48. The van der Waals surface area contributed by atoms with Gasteiger partial charge in [-0.3, -0.25) is 4.79 Å². The summed E-state index contributed by atoms with van der Waals surface area (Å²) in [5.74, 6) is -0.946. The van der Waals surface area contributed by atoms with E-state index in [0.717, 1.165) is 11.1 Å². The Morgan fingerprint density at radius 2 is 1.82 bits per heavy atom. The van der Waals surface area contributed by atoms with Crippen LogP contribution in [0, 0.1) is 4.91 Å². The minimum Gasteiger partial charge on any atom is -0.481 e. The van der Waals surface area contributed by atoms with Crippen molar-refractivity contribution < 1.29 is 9.90 Å². The molecule has 0 aromatic heterocycles. The van der Waals surface area contributed by atoms with Crippen LogP contribution >= 0.6 is 23.2 Å². The lowest BCUT2D eigenvalue weighted by atomic mass is 9.99. The fourth-order valence-corrected chi connectivity index (χ4v) is 2.67. The number of aliphatic carboxylic acids is 1. The number of hydrogen-bond donors (Lipinski definition) is 1. The smallest absolute Gasteiger partial charge is 0.303 e. The molecule has 0 fully saturated rings. The van der Waals surface area contributed by atoms with Gasteiger partial charge in [-0.15, -0.1) is 0 Å². The molecular weight excluding hydrogens is 325 g/mol. The molecular formula is C16H13Cl2NO3. The van der Waals surface area contributed by atoms with Crippen molar-refractivity contribution in [3.63, 3.8) is 0 Å². The molecule has 22 heavy (non-hydrogen) atoms. The summed E-state index contributed by atoms with van der Waals surface area (Å²) >= 11 is 12.0. The molecule has 0 aliphatic heterocycles. The monoisotopic (exact) mass is 337 g/mol. The first-order valence-corrected chi connectivity index (χ1v) is 7.36. The minimum atomic E-state index is -0.946.